The molecule has 3 heterocycles. The van der Waals surface area contributed by atoms with Gasteiger partial charge in [0, 0.05) is 39.3 Å². The SMILES string of the molecule is C[C@H]1CCCN(c2cc(N(C)CC(=O)N3CCCC3)ncn2)C1. The molecule has 0 aromatic carbocycles. The lowest BCUT2D eigenvalue weighted by Crippen LogP contribution is -2.38. The summed E-state index contributed by atoms with van der Waals surface area (Å²) in [5, 5.41) is 0. The fraction of sp³-hybridized carbons (Fsp3) is 0.706. The molecule has 126 valence electrons. The van der Waals surface area contributed by atoms with Crippen molar-refractivity contribution in [3.8, 4) is 0 Å². The molecule has 0 N–H and O–H groups in total. The monoisotopic (exact) mass is 317 g/mol. The largest absolute Gasteiger partial charge is 0.356 e. The third-order valence-corrected chi connectivity index (χ3v) is 4.84. The third kappa shape index (κ3) is 3.92. The minimum atomic E-state index is 0.191. The van der Waals surface area contributed by atoms with E-state index in [0.29, 0.717) is 12.5 Å². The van der Waals surface area contributed by atoms with Crippen LogP contribution in [0.4, 0.5) is 11.6 Å². The Morgan fingerprint density at radius 3 is 2.78 bits per heavy atom. The lowest BCUT2D eigenvalue weighted by Gasteiger charge is -2.32. The summed E-state index contributed by atoms with van der Waals surface area (Å²) in [7, 11) is 1.93. The Kier molecular flexibility index (Phi) is 4.98. The van der Waals surface area contributed by atoms with E-state index in [-0.39, 0.29) is 5.91 Å². The van der Waals surface area contributed by atoms with Crippen LogP contribution in [0, 0.1) is 5.92 Å². The van der Waals surface area contributed by atoms with Crippen LogP contribution >= 0.6 is 0 Å². The molecular weight excluding hydrogens is 290 g/mol. The van der Waals surface area contributed by atoms with Gasteiger partial charge >= 0.3 is 0 Å². The Morgan fingerprint density at radius 2 is 2.04 bits per heavy atom. The Labute approximate surface area is 138 Å². The first kappa shape index (κ1) is 16.0. The van der Waals surface area contributed by atoms with Crippen molar-refractivity contribution in [2.24, 2.45) is 5.92 Å². The lowest BCUT2D eigenvalue weighted by molar-refractivity contribution is -0.128. The molecular formula is C17H27N5O. The van der Waals surface area contributed by atoms with E-state index in [1.807, 2.05) is 22.9 Å². The standard InChI is InChI=1S/C17H27N5O/c1-14-6-5-9-22(11-14)16-10-15(18-13-19-16)20(2)12-17(23)21-7-3-4-8-21/h10,13-14H,3-9,11-12H2,1-2H3/t14-/m0/s1. The molecule has 0 aliphatic carbocycles. The summed E-state index contributed by atoms with van der Waals surface area (Å²) in [6.45, 7) is 6.56. The molecule has 2 aliphatic heterocycles. The molecule has 0 unspecified atom stereocenters. The summed E-state index contributed by atoms with van der Waals surface area (Å²) in [4.78, 5) is 27.3. The molecule has 6 nitrogen and oxygen atoms in total. The van der Waals surface area contributed by atoms with Crippen LogP contribution in [0.5, 0.6) is 0 Å². The second kappa shape index (κ2) is 7.15. The molecule has 3 rings (SSSR count). The van der Waals surface area contributed by atoms with Gasteiger partial charge in [-0.2, -0.15) is 0 Å². The van der Waals surface area contributed by atoms with Gasteiger partial charge in [-0.25, -0.2) is 9.97 Å². The first-order valence-electron chi connectivity index (χ1n) is 8.69. The summed E-state index contributed by atoms with van der Waals surface area (Å²) in [5.74, 6) is 2.69. The number of carbonyl (C=O) groups is 1. The maximum Gasteiger partial charge on any atom is 0.242 e. The van der Waals surface area contributed by atoms with Crippen molar-refractivity contribution in [2.45, 2.75) is 32.6 Å². The van der Waals surface area contributed by atoms with E-state index in [9.17, 15) is 4.79 Å². The van der Waals surface area contributed by atoms with Crippen molar-refractivity contribution in [1.82, 2.24) is 14.9 Å². The Bertz CT molecular complexity index is 544. The molecule has 1 atom stereocenters. The average Bonchev–Trinajstić information content (AvgIpc) is 3.09. The van der Waals surface area contributed by atoms with Crippen LogP contribution in [0.1, 0.15) is 32.6 Å². The summed E-state index contributed by atoms with van der Waals surface area (Å²) in [6.07, 6.45) is 6.36. The minimum Gasteiger partial charge on any atom is -0.356 e. The van der Waals surface area contributed by atoms with Gasteiger partial charge in [-0.15, -0.1) is 0 Å². The van der Waals surface area contributed by atoms with E-state index in [2.05, 4.69) is 21.8 Å². The molecule has 6 heteroatoms. The predicted molar refractivity (Wildman–Crippen MR) is 91.7 cm³/mol. The Hall–Kier alpha value is -1.85. The number of nitrogens with zero attached hydrogens (tertiary/aromatic N) is 5. The number of amides is 1. The molecule has 2 fully saturated rings. The third-order valence-electron chi connectivity index (χ3n) is 4.84. The quantitative estimate of drug-likeness (QED) is 0.847. The molecule has 1 aromatic heterocycles. The van der Waals surface area contributed by atoms with Crippen LogP contribution in [0.3, 0.4) is 0 Å². The number of aromatic nitrogens is 2. The maximum absolute atomic E-state index is 12.3. The Balaban J connectivity index is 1.65. The number of carbonyl (C=O) groups excluding carboxylic acids is 1. The summed E-state index contributed by atoms with van der Waals surface area (Å²) in [6, 6.07) is 2.01. The van der Waals surface area contributed by atoms with Crippen LogP contribution in [0.15, 0.2) is 12.4 Å². The van der Waals surface area contributed by atoms with E-state index in [4.69, 9.17) is 0 Å². The second-order valence-electron chi connectivity index (χ2n) is 6.87. The molecule has 0 saturated carbocycles. The lowest BCUT2D eigenvalue weighted by atomic mass is 10.0. The highest BCUT2D eigenvalue weighted by Gasteiger charge is 2.21. The molecule has 2 saturated heterocycles. The fourth-order valence-electron chi connectivity index (χ4n) is 3.47. The number of anilines is 2. The van der Waals surface area contributed by atoms with Gasteiger partial charge < -0.3 is 14.7 Å². The van der Waals surface area contributed by atoms with Gasteiger partial charge in [0.05, 0.1) is 6.54 Å². The van der Waals surface area contributed by atoms with Gasteiger partial charge in [0.1, 0.15) is 18.0 Å². The highest BCUT2D eigenvalue weighted by atomic mass is 16.2. The van der Waals surface area contributed by atoms with Crippen molar-refractivity contribution in [2.75, 3.05) is 49.6 Å². The molecule has 0 radical (unpaired) electrons. The van der Waals surface area contributed by atoms with Crippen LogP contribution in [-0.4, -0.2) is 60.5 Å². The van der Waals surface area contributed by atoms with Crippen molar-refractivity contribution in [3.05, 3.63) is 12.4 Å². The predicted octanol–water partition coefficient (Wildman–Crippen LogP) is 1.77. The Morgan fingerprint density at radius 1 is 1.26 bits per heavy atom. The number of piperidine rings is 1. The molecule has 0 spiro atoms. The highest BCUT2D eigenvalue weighted by Crippen LogP contribution is 2.23. The zero-order valence-corrected chi connectivity index (χ0v) is 14.2. The molecule has 2 aliphatic rings. The number of likely N-dealkylation sites (N-methyl/N-ethyl adjacent to an activating group) is 1. The molecule has 23 heavy (non-hydrogen) atoms. The van der Waals surface area contributed by atoms with E-state index >= 15 is 0 Å². The highest BCUT2D eigenvalue weighted by molar-refractivity contribution is 5.81. The fourth-order valence-corrected chi connectivity index (χ4v) is 3.47. The van der Waals surface area contributed by atoms with Gasteiger partial charge in [-0.1, -0.05) is 6.92 Å². The van der Waals surface area contributed by atoms with E-state index in [1.165, 1.54) is 12.8 Å². The summed E-state index contributed by atoms with van der Waals surface area (Å²) in [5.41, 5.74) is 0. The number of likely N-dealkylation sites (tertiary alicyclic amines) is 1. The van der Waals surface area contributed by atoms with E-state index in [1.54, 1.807) is 6.33 Å². The number of rotatable bonds is 4. The zero-order valence-electron chi connectivity index (χ0n) is 14.2. The topological polar surface area (TPSA) is 52.6 Å². The zero-order chi connectivity index (χ0) is 16.2. The van der Waals surface area contributed by atoms with Crippen molar-refractivity contribution < 1.29 is 4.79 Å². The van der Waals surface area contributed by atoms with Crippen molar-refractivity contribution in [1.29, 1.82) is 0 Å². The minimum absolute atomic E-state index is 0.191. The van der Waals surface area contributed by atoms with Crippen LogP contribution in [-0.2, 0) is 4.79 Å². The van der Waals surface area contributed by atoms with Gasteiger partial charge in [-0.3, -0.25) is 4.79 Å². The number of hydrogen-bond acceptors (Lipinski definition) is 5. The van der Waals surface area contributed by atoms with Crippen molar-refractivity contribution in [3.63, 3.8) is 0 Å². The maximum atomic E-state index is 12.3. The van der Waals surface area contributed by atoms with Crippen LogP contribution in [0.2, 0.25) is 0 Å². The molecule has 1 aromatic rings. The van der Waals surface area contributed by atoms with E-state index < -0.39 is 0 Å². The first-order chi connectivity index (χ1) is 11.1. The van der Waals surface area contributed by atoms with Gasteiger partial charge in [0.25, 0.3) is 0 Å². The number of hydrogen-bond donors (Lipinski definition) is 0. The van der Waals surface area contributed by atoms with Gasteiger partial charge in [0.15, 0.2) is 0 Å². The van der Waals surface area contributed by atoms with Gasteiger partial charge in [0.2, 0.25) is 5.91 Å². The normalized spacial score (nSPS) is 21.6. The van der Waals surface area contributed by atoms with Crippen LogP contribution < -0.4 is 9.80 Å². The summed E-state index contributed by atoms with van der Waals surface area (Å²) < 4.78 is 0. The van der Waals surface area contributed by atoms with Crippen LogP contribution in [0.25, 0.3) is 0 Å². The first-order valence-corrected chi connectivity index (χ1v) is 8.69. The van der Waals surface area contributed by atoms with Gasteiger partial charge in [-0.05, 0) is 31.6 Å². The summed E-state index contributed by atoms with van der Waals surface area (Å²) >= 11 is 0. The smallest absolute Gasteiger partial charge is 0.242 e. The average molecular weight is 317 g/mol. The molecule has 0 bridgehead atoms. The van der Waals surface area contributed by atoms with Crippen molar-refractivity contribution >= 4 is 17.5 Å². The second-order valence-corrected chi connectivity index (χ2v) is 6.87. The molecule has 1 amide bonds. The van der Waals surface area contributed by atoms with E-state index in [0.717, 1.165) is 50.7 Å².